The Morgan fingerprint density at radius 2 is 2.21 bits per heavy atom. The van der Waals surface area contributed by atoms with E-state index in [4.69, 9.17) is 4.74 Å². The zero-order valence-electron chi connectivity index (χ0n) is 8.20. The Balaban J connectivity index is 1.99. The van der Waals surface area contributed by atoms with Gasteiger partial charge in [0, 0.05) is 12.0 Å². The molecular formula is C12H15NO. The summed E-state index contributed by atoms with van der Waals surface area (Å²) < 4.78 is 5.73. The minimum absolute atomic E-state index is 0.540. The lowest BCUT2D eigenvalue weighted by atomic mass is 9.83. The number of hydrogen-bond acceptors (Lipinski definition) is 2. The van der Waals surface area contributed by atoms with Gasteiger partial charge in [-0.2, -0.15) is 0 Å². The molecule has 14 heavy (non-hydrogen) atoms. The van der Waals surface area contributed by atoms with Gasteiger partial charge in [0.1, 0.15) is 12.4 Å². The van der Waals surface area contributed by atoms with Crippen molar-refractivity contribution in [1.82, 2.24) is 5.32 Å². The van der Waals surface area contributed by atoms with E-state index in [0.29, 0.717) is 12.0 Å². The van der Waals surface area contributed by atoms with Crippen LogP contribution in [-0.2, 0) is 0 Å². The van der Waals surface area contributed by atoms with Crippen molar-refractivity contribution < 1.29 is 4.74 Å². The molecule has 2 aliphatic rings. The second-order valence-corrected chi connectivity index (χ2v) is 4.16. The molecule has 0 spiro atoms. The van der Waals surface area contributed by atoms with Crippen LogP contribution in [0.4, 0.5) is 0 Å². The molecule has 0 aromatic heterocycles. The van der Waals surface area contributed by atoms with Gasteiger partial charge in [-0.25, -0.2) is 0 Å². The third kappa shape index (κ3) is 1.22. The molecule has 0 saturated carbocycles. The van der Waals surface area contributed by atoms with Crippen LogP contribution in [0.2, 0.25) is 0 Å². The number of fused-ring (bicyclic) bond motifs is 3. The molecule has 1 saturated heterocycles. The number of ether oxygens (including phenoxy) is 1. The first-order valence-electron chi connectivity index (χ1n) is 5.40. The van der Waals surface area contributed by atoms with E-state index < -0.39 is 0 Å². The van der Waals surface area contributed by atoms with E-state index >= 15 is 0 Å². The predicted octanol–water partition coefficient (Wildman–Crippen LogP) is 1.91. The number of hydrogen-bond donors (Lipinski definition) is 1. The molecule has 2 heteroatoms. The molecular weight excluding hydrogens is 174 g/mol. The van der Waals surface area contributed by atoms with Crippen LogP contribution in [0.3, 0.4) is 0 Å². The van der Waals surface area contributed by atoms with Gasteiger partial charge in [0.2, 0.25) is 0 Å². The number of piperidine rings is 1. The first-order chi connectivity index (χ1) is 6.95. The third-order valence-electron chi connectivity index (χ3n) is 3.32. The Morgan fingerprint density at radius 1 is 1.29 bits per heavy atom. The largest absolute Gasteiger partial charge is 0.492 e. The van der Waals surface area contributed by atoms with Gasteiger partial charge < -0.3 is 10.1 Å². The second-order valence-electron chi connectivity index (χ2n) is 4.16. The van der Waals surface area contributed by atoms with Gasteiger partial charge in [-0.15, -0.1) is 0 Å². The quantitative estimate of drug-likeness (QED) is 0.673. The standard InChI is InChI=1S/C12H15NO/c1-2-6-12-10(4-1)9-5-3-7-13-11(9)8-14-12/h1-2,4,6,9,11,13H,3,5,7-8H2. The van der Waals surface area contributed by atoms with Gasteiger partial charge in [-0.3, -0.25) is 0 Å². The zero-order valence-corrected chi connectivity index (χ0v) is 8.20. The second kappa shape index (κ2) is 3.28. The lowest BCUT2D eigenvalue weighted by Crippen LogP contribution is -2.46. The van der Waals surface area contributed by atoms with Crippen molar-refractivity contribution in [1.29, 1.82) is 0 Å². The Hall–Kier alpha value is -1.02. The third-order valence-corrected chi connectivity index (χ3v) is 3.32. The van der Waals surface area contributed by atoms with Crippen LogP contribution < -0.4 is 10.1 Å². The molecule has 74 valence electrons. The number of rotatable bonds is 0. The minimum atomic E-state index is 0.540. The number of nitrogens with one attached hydrogen (secondary N) is 1. The van der Waals surface area contributed by atoms with Crippen LogP contribution in [-0.4, -0.2) is 19.2 Å². The molecule has 0 aliphatic carbocycles. The van der Waals surface area contributed by atoms with Crippen LogP contribution >= 0.6 is 0 Å². The first kappa shape index (κ1) is 8.30. The molecule has 1 fully saturated rings. The lowest BCUT2D eigenvalue weighted by molar-refractivity contribution is 0.190. The van der Waals surface area contributed by atoms with Gasteiger partial charge in [0.25, 0.3) is 0 Å². The summed E-state index contributed by atoms with van der Waals surface area (Å²) >= 11 is 0. The van der Waals surface area contributed by atoms with E-state index in [1.54, 1.807) is 0 Å². The average Bonchev–Trinajstić information content (AvgIpc) is 2.29. The maximum Gasteiger partial charge on any atom is 0.122 e. The van der Waals surface area contributed by atoms with E-state index in [2.05, 4.69) is 29.6 Å². The van der Waals surface area contributed by atoms with Crippen LogP contribution in [0.1, 0.15) is 24.3 Å². The summed E-state index contributed by atoms with van der Waals surface area (Å²) in [7, 11) is 0. The first-order valence-corrected chi connectivity index (χ1v) is 5.40. The molecule has 1 aromatic rings. The monoisotopic (exact) mass is 189 g/mol. The number of benzene rings is 1. The fraction of sp³-hybridized carbons (Fsp3) is 0.500. The summed E-state index contributed by atoms with van der Waals surface area (Å²) in [6.45, 7) is 1.98. The smallest absolute Gasteiger partial charge is 0.122 e. The molecule has 2 nitrogen and oxygen atoms in total. The number of para-hydroxylation sites is 1. The Labute approximate surface area is 84.3 Å². The molecule has 2 aliphatic heterocycles. The Kier molecular flexibility index (Phi) is 1.95. The van der Waals surface area contributed by atoms with Crippen molar-refractivity contribution in [2.24, 2.45) is 0 Å². The minimum Gasteiger partial charge on any atom is -0.492 e. The van der Waals surface area contributed by atoms with Crippen LogP contribution in [0.15, 0.2) is 24.3 Å². The van der Waals surface area contributed by atoms with Crippen molar-refractivity contribution in [3.63, 3.8) is 0 Å². The van der Waals surface area contributed by atoms with Gasteiger partial charge in [-0.1, -0.05) is 18.2 Å². The van der Waals surface area contributed by atoms with Crippen molar-refractivity contribution in [2.75, 3.05) is 13.2 Å². The van der Waals surface area contributed by atoms with E-state index in [9.17, 15) is 0 Å². The van der Waals surface area contributed by atoms with Crippen molar-refractivity contribution in [2.45, 2.75) is 24.8 Å². The molecule has 2 unspecified atom stereocenters. The van der Waals surface area contributed by atoms with Crippen LogP contribution in [0.25, 0.3) is 0 Å². The fourth-order valence-electron chi connectivity index (χ4n) is 2.60. The zero-order chi connectivity index (χ0) is 9.38. The van der Waals surface area contributed by atoms with Crippen molar-refractivity contribution >= 4 is 0 Å². The molecule has 2 heterocycles. The highest BCUT2D eigenvalue weighted by Crippen LogP contribution is 2.37. The van der Waals surface area contributed by atoms with Crippen molar-refractivity contribution in [3.8, 4) is 5.75 Å². The summed E-state index contributed by atoms with van der Waals surface area (Å²) in [4.78, 5) is 0. The molecule has 0 bridgehead atoms. The molecule has 0 radical (unpaired) electrons. The predicted molar refractivity (Wildman–Crippen MR) is 55.7 cm³/mol. The highest BCUT2D eigenvalue weighted by molar-refractivity contribution is 5.39. The van der Waals surface area contributed by atoms with Crippen molar-refractivity contribution in [3.05, 3.63) is 29.8 Å². The molecule has 0 amide bonds. The maximum atomic E-state index is 5.73. The van der Waals surface area contributed by atoms with Crippen LogP contribution in [0.5, 0.6) is 5.75 Å². The topological polar surface area (TPSA) is 21.3 Å². The Morgan fingerprint density at radius 3 is 3.21 bits per heavy atom. The highest BCUT2D eigenvalue weighted by Gasteiger charge is 2.32. The maximum absolute atomic E-state index is 5.73. The summed E-state index contributed by atoms with van der Waals surface area (Å²) in [6.07, 6.45) is 2.59. The Bertz CT molecular complexity index is 337. The van der Waals surface area contributed by atoms with Gasteiger partial charge in [-0.05, 0) is 31.0 Å². The molecule has 3 rings (SSSR count). The summed E-state index contributed by atoms with van der Waals surface area (Å²) in [6, 6.07) is 8.99. The lowest BCUT2D eigenvalue weighted by Gasteiger charge is -2.37. The summed E-state index contributed by atoms with van der Waals surface area (Å²) in [5.74, 6) is 1.77. The van der Waals surface area contributed by atoms with Gasteiger partial charge in [0.05, 0.1) is 0 Å². The van der Waals surface area contributed by atoms with Gasteiger partial charge >= 0.3 is 0 Å². The van der Waals surface area contributed by atoms with E-state index in [-0.39, 0.29) is 0 Å². The normalized spacial score (nSPS) is 30.0. The summed E-state index contributed by atoms with van der Waals surface area (Å²) in [5, 5.41) is 3.54. The van der Waals surface area contributed by atoms with Crippen LogP contribution in [0, 0.1) is 0 Å². The van der Waals surface area contributed by atoms with E-state index in [0.717, 1.165) is 18.9 Å². The molecule has 2 atom stereocenters. The fourth-order valence-corrected chi connectivity index (χ4v) is 2.60. The van der Waals surface area contributed by atoms with Gasteiger partial charge in [0.15, 0.2) is 0 Å². The molecule has 1 aromatic carbocycles. The van der Waals surface area contributed by atoms with E-state index in [1.165, 1.54) is 18.4 Å². The van der Waals surface area contributed by atoms with E-state index in [1.807, 2.05) is 0 Å². The SMILES string of the molecule is c1ccc2c(c1)OCC1NCCCC21. The highest BCUT2D eigenvalue weighted by atomic mass is 16.5. The summed E-state index contributed by atoms with van der Waals surface area (Å²) in [5.41, 5.74) is 1.40. The average molecular weight is 189 g/mol. The molecule has 1 N–H and O–H groups in total.